The zero-order chi connectivity index (χ0) is 10.5. The fourth-order valence-corrected chi connectivity index (χ4v) is 2.24. The van der Waals surface area contributed by atoms with Gasteiger partial charge in [-0.05, 0) is 19.0 Å². The first-order valence-electron chi connectivity index (χ1n) is 3.73. The summed E-state index contributed by atoms with van der Waals surface area (Å²) < 4.78 is 39.0. The summed E-state index contributed by atoms with van der Waals surface area (Å²) in [6.07, 6.45) is -3.77. The van der Waals surface area contributed by atoms with Crippen LogP contribution in [0.25, 0.3) is 0 Å². The molecule has 0 aliphatic heterocycles. The Labute approximate surface area is 85.6 Å². The molecule has 0 rings (SSSR count). The van der Waals surface area contributed by atoms with Crippen LogP contribution in [0.3, 0.4) is 0 Å². The number of hydrogen-bond donors (Lipinski definition) is 0. The molecule has 0 aromatic rings. The van der Waals surface area contributed by atoms with Gasteiger partial charge in [-0.1, -0.05) is 0 Å². The van der Waals surface area contributed by atoms with E-state index in [1.165, 1.54) is 0 Å². The normalized spacial score (nSPS) is 13.4. The molecular weight excluding hydrogens is 244 g/mol. The first kappa shape index (κ1) is 13.5. The molecule has 7 heteroatoms. The largest absolute Gasteiger partial charge is 0.411 e. The van der Waals surface area contributed by atoms with Crippen LogP contribution in [0.1, 0.15) is 6.42 Å². The van der Waals surface area contributed by atoms with Crippen molar-refractivity contribution in [1.82, 2.24) is 0 Å². The molecule has 0 aliphatic carbocycles. The van der Waals surface area contributed by atoms with Crippen LogP contribution >= 0.6 is 22.2 Å². The Morgan fingerprint density at radius 3 is 2.23 bits per heavy atom. The predicted octanol–water partition coefficient (Wildman–Crippen LogP) is 3.51. The van der Waals surface area contributed by atoms with Crippen LogP contribution in [0.15, 0.2) is 0 Å². The maximum absolute atomic E-state index is 11.5. The van der Waals surface area contributed by atoms with Crippen LogP contribution in [0, 0.1) is 0 Å². The van der Waals surface area contributed by atoms with Gasteiger partial charge in [-0.15, -0.1) is 22.2 Å². The molecule has 0 aromatic heterocycles. The second-order valence-electron chi connectivity index (χ2n) is 2.84. The van der Waals surface area contributed by atoms with E-state index in [-0.39, 0.29) is 6.61 Å². The van der Waals surface area contributed by atoms with Crippen LogP contribution in [-0.2, 0) is 4.74 Å². The van der Waals surface area contributed by atoms with Gasteiger partial charge in [0.1, 0.15) is 6.61 Å². The summed E-state index contributed by atoms with van der Waals surface area (Å²) in [5, 5.41) is 0. The van der Waals surface area contributed by atoms with Crippen LogP contribution < -0.4 is 0 Å². The Morgan fingerprint density at radius 2 is 1.85 bits per heavy atom. The third-order valence-electron chi connectivity index (χ3n) is 1.17. The quantitative estimate of drug-likeness (QED) is 0.415. The van der Waals surface area contributed by atoms with Crippen molar-refractivity contribution in [3.63, 3.8) is 0 Å². The number of halogens is 5. The number of ether oxygens (including phenoxy) is 1. The zero-order valence-electron chi connectivity index (χ0n) is 7.13. The second kappa shape index (κ2) is 5.43. The molecular formula is C6H11Cl2F3OSi. The third kappa shape index (κ3) is 12.5. The van der Waals surface area contributed by atoms with E-state index in [2.05, 4.69) is 4.74 Å². The maximum Gasteiger partial charge on any atom is 0.411 e. The summed E-state index contributed by atoms with van der Waals surface area (Å²) >= 11 is 11.5. The highest BCUT2D eigenvalue weighted by Crippen LogP contribution is 2.21. The maximum atomic E-state index is 11.5. The first-order valence-corrected chi connectivity index (χ1v) is 8.46. The second-order valence-corrected chi connectivity index (χ2v) is 11.1. The lowest BCUT2D eigenvalue weighted by Crippen LogP contribution is -2.18. The fraction of sp³-hybridized carbons (Fsp3) is 1.00. The molecule has 0 atom stereocenters. The van der Waals surface area contributed by atoms with Crippen LogP contribution in [0.4, 0.5) is 13.2 Å². The molecule has 0 radical (unpaired) electrons. The van der Waals surface area contributed by atoms with Crippen LogP contribution in [0.5, 0.6) is 0 Å². The van der Waals surface area contributed by atoms with Gasteiger partial charge in [-0.2, -0.15) is 13.2 Å². The van der Waals surface area contributed by atoms with Gasteiger partial charge >= 0.3 is 6.18 Å². The minimum Gasteiger partial charge on any atom is -0.372 e. The summed E-state index contributed by atoms with van der Waals surface area (Å²) in [5.74, 6) is 0. The van der Waals surface area contributed by atoms with Gasteiger partial charge in [0.05, 0.1) is 0 Å². The highest BCUT2D eigenvalue weighted by molar-refractivity contribution is 7.44. The summed E-state index contributed by atoms with van der Waals surface area (Å²) in [6.45, 7) is -1.59. The Hall–Kier alpha value is 0.547. The van der Waals surface area contributed by atoms with Crippen molar-refractivity contribution in [2.24, 2.45) is 0 Å². The molecule has 0 aliphatic rings. The average Bonchev–Trinajstić information content (AvgIpc) is 1.81. The molecule has 0 saturated carbocycles. The van der Waals surface area contributed by atoms with Gasteiger partial charge in [0.25, 0.3) is 0 Å². The highest BCUT2D eigenvalue weighted by Gasteiger charge is 2.27. The standard InChI is InChI=1S/C6H11Cl2F3OSi/c1-13(7,8)4-2-3-12-5-6(9,10)11/h2-5H2,1H3. The fourth-order valence-electron chi connectivity index (χ4n) is 0.673. The monoisotopic (exact) mass is 254 g/mol. The van der Waals surface area contributed by atoms with Crippen molar-refractivity contribution in [2.75, 3.05) is 13.2 Å². The summed E-state index contributed by atoms with van der Waals surface area (Å²) in [4.78, 5) is 0. The van der Waals surface area contributed by atoms with Gasteiger partial charge in [0.15, 0.2) is 0 Å². The lowest BCUT2D eigenvalue weighted by molar-refractivity contribution is -0.173. The number of rotatable bonds is 5. The van der Waals surface area contributed by atoms with E-state index >= 15 is 0 Å². The van der Waals surface area contributed by atoms with Gasteiger partial charge in [-0.3, -0.25) is 0 Å². The number of hydrogen-bond acceptors (Lipinski definition) is 1. The van der Waals surface area contributed by atoms with Crippen molar-refractivity contribution in [3.05, 3.63) is 0 Å². The Kier molecular flexibility index (Phi) is 5.66. The zero-order valence-corrected chi connectivity index (χ0v) is 9.64. The molecule has 1 nitrogen and oxygen atoms in total. The molecule has 0 heterocycles. The van der Waals surface area contributed by atoms with Gasteiger partial charge in [0, 0.05) is 6.61 Å². The topological polar surface area (TPSA) is 9.23 Å². The SMILES string of the molecule is C[Si](Cl)(Cl)CCCOCC(F)(F)F. The average molecular weight is 255 g/mol. The van der Waals surface area contributed by atoms with Crippen LogP contribution in [-0.4, -0.2) is 26.1 Å². The van der Waals surface area contributed by atoms with Crippen LogP contribution in [0.2, 0.25) is 12.6 Å². The van der Waals surface area contributed by atoms with E-state index in [9.17, 15) is 13.2 Å². The van der Waals surface area contributed by atoms with E-state index in [0.29, 0.717) is 12.5 Å². The van der Waals surface area contributed by atoms with Crippen molar-refractivity contribution in [1.29, 1.82) is 0 Å². The first-order chi connectivity index (χ1) is 5.71. The Morgan fingerprint density at radius 1 is 1.31 bits per heavy atom. The van der Waals surface area contributed by atoms with E-state index < -0.39 is 19.5 Å². The molecule has 0 spiro atoms. The van der Waals surface area contributed by atoms with E-state index in [1.54, 1.807) is 6.55 Å². The van der Waals surface area contributed by atoms with Gasteiger partial charge in [-0.25, -0.2) is 0 Å². The molecule has 0 amide bonds. The number of alkyl halides is 3. The smallest absolute Gasteiger partial charge is 0.372 e. The third-order valence-corrected chi connectivity index (χ3v) is 3.54. The molecule has 0 bridgehead atoms. The van der Waals surface area contributed by atoms with Crippen molar-refractivity contribution < 1.29 is 17.9 Å². The van der Waals surface area contributed by atoms with E-state index in [0.717, 1.165) is 0 Å². The summed E-state index contributed by atoms with van der Waals surface area (Å²) in [7, 11) is 0. The molecule has 13 heavy (non-hydrogen) atoms. The van der Waals surface area contributed by atoms with Crippen molar-refractivity contribution >= 4 is 28.9 Å². The van der Waals surface area contributed by atoms with Crippen molar-refractivity contribution in [3.8, 4) is 0 Å². The van der Waals surface area contributed by atoms with E-state index in [4.69, 9.17) is 22.2 Å². The minimum atomic E-state index is -4.25. The Bertz CT molecular complexity index is 130. The highest BCUT2D eigenvalue weighted by atomic mass is 35.7. The molecule has 0 unspecified atom stereocenters. The molecule has 0 N–H and O–H groups in total. The van der Waals surface area contributed by atoms with Gasteiger partial charge in [0.2, 0.25) is 6.69 Å². The lowest BCUT2D eigenvalue weighted by Gasteiger charge is -2.10. The summed E-state index contributed by atoms with van der Waals surface area (Å²) in [6, 6.07) is 0.550. The van der Waals surface area contributed by atoms with E-state index in [1.807, 2.05) is 0 Å². The summed E-state index contributed by atoms with van der Waals surface area (Å²) in [5.41, 5.74) is 0. The molecule has 0 fully saturated rings. The minimum absolute atomic E-state index is 0.0571. The van der Waals surface area contributed by atoms with Crippen molar-refractivity contribution in [2.45, 2.75) is 25.2 Å². The predicted molar refractivity (Wildman–Crippen MR) is 49.6 cm³/mol. The molecule has 0 saturated heterocycles. The van der Waals surface area contributed by atoms with Gasteiger partial charge < -0.3 is 4.74 Å². The Balaban J connectivity index is 3.28. The molecule has 80 valence electrons. The lowest BCUT2D eigenvalue weighted by atomic mass is 10.5. The molecule has 0 aromatic carbocycles.